The second kappa shape index (κ2) is 4.85. The molecule has 2 N–H and O–H groups in total. The van der Waals surface area contributed by atoms with Crippen LogP contribution in [0.25, 0.3) is 5.69 Å². The summed E-state index contributed by atoms with van der Waals surface area (Å²) in [4.78, 5) is 34.9. The van der Waals surface area contributed by atoms with Crippen molar-refractivity contribution >= 4 is 21.8 Å². The molecule has 0 unspecified atom stereocenters. The Bertz CT molecular complexity index is 759. The Labute approximate surface area is 116 Å². The number of hydrogen-bond acceptors (Lipinski definition) is 3. The monoisotopic (exact) mass is 323 g/mol. The van der Waals surface area contributed by atoms with Gasteiger partial charge in [-0.3, -0.25) is 18.7 Å². The Balaban J connectivity index is 2.78. The van der Waals surface area contributed by atoms with Crippen molar-refractivity contribution in [2.24, 2.45) is 12.8 Å². The highest BCUT2D eigenvalue weighted by Gasteiger charge is 2.13. The first-order valence-corrected chi connectivity index (χ1v) is 6.09. The van der Waals surface area contributed by atoms with Gasteiger partial charge in [0.1, 0.15) is 5.56 Å². The molecule has 0 aliphatic heterocycles. The SMILES string of the molecule is Cn1c(=O)c(C(N)=O)cn(-c2ccc(Br)cc2)c1=O. The van der Waals surface area contributed by atoms with Crippen LogP contribution in [0.1, 0.15) is 10.4 Å². The Kier molecular flexibility index (Phi) is 3.39. The number of benzene rings is 1. The zero-order chi connectivity index (χ0) is 14.2. The maximum atomic E-state index is 12.0. The molecule has 6 nitrogen and oxygen atoms in total. The number of primary amides is 1. The van der Waals surface area contributed by atoms with Crippen LogP contribution in [0.3, 0.4) is 0 Å². The van der Waals surface area contributed by atoms with Crippen LogP contribution in [0, 0.1) is 0 Å². The number of aromatic nitrogens is 2. The van der Waals surface area contributed by atoms with E-state index in [2.05, 4.69) is 15.9 Å². The summed E-state index contributed by atoms with van der Waals surface area (Å²) in [6.07, 6.45) is 1.16. The number of hydrogen-bond donors (Lipinski definition) is 1. The van der Waals surface area contributed by atoms with E-state index in [1.807, 2.05) is 0 Å². The molecular weight excluding hydrogens is 314 g/mol. The Morgan fingerprint density at radius 2 is 1.79 bits per heavy atom. The van der Waals surface area contributed by atoms with E-state index in [-0.39, 0.29) is 5.56 Å². The van der Waals surface area contributed by atoms with Crippen LogP contribution in [0.5, 0.6) is 0 Å². The summed E-state index contributed by atoms with van der Waals surface area (Å²) in [6.45, 7) is 0. The first-order valence-electron chi connectivity index (χ1n) is 5.30. The summed E-state index contributed by atoms with van der Waals surface area (Å²) in [7, 11) is 1.30. The van der Waals surface area contributed by atoms with Gasteiger partial charge in [-0.1, -0.05) is 15.9 Å². The van der Waals surface area contributed by atoms with Gasteiger partial charge in [-0.2, -0.15) is 0 Å². The molecule has 0 aliphatic rings. The van der Waals surface area contributed by atoms with Crippen molar-refractivity contribution in [1.29, 1.82) is 0 Å². The highest BCUT2D eigenvalue weighted by atomic mass is 79.9. The van der Waals surface area contributed by atoms with Crippen molar-refractivity contribution in [3.8, 4) is 5.69 Å². The summed E-state index contributed by atoms with van der Waals surface area (Å²) < 4.78 is 2.90. The van der Waals surface area contributed by atoms with Crippen molar-refractivity contribution < 1.29 is 4.79 Å². The number of halogens is 1. The van der Waals surface area contributed by atoms with Crippen molar-refractivity contribution in [2.45, 2.75) is 0 Å². The fourth-order valence-corrected chi connectivity index (χ4v) is 1.89. The first kappa shape index (κ1) is 13.3. The number of nitrogens with zero attached hydrogens (tertiary/aromatic N) is 2. The third-order valence-corrected chi connectivity index (χ3v) is 3.19. The standard InChI is InChI=1S/C12H10BrN3O3/c1-15-11(18)9(10(14)17)6-16(12(15)19)8-4-2-7(13)3-5-8/h2-6H,1H3,(H2,14,17). The molecular formula is C12H10BrN3O3. The lowest BCUT2D eigenvalue weighted by molar-refractivity contribution is 0.0997. The lowest BCUT2D eigenvalue weighted by atomic mass is 10.3. The third-order valence-electron chi connectivity index (χ3n) is 2.66. The fourth-order valence-electron chi connectivity index (χ4n) is 1.62. The van der Waals surface area contributed by atoms with Crippen LogP contribution < -0.4 is 17.0 Å². The molecule has 0 radical (unpaired) electrons. The number of amides is 1. The summed E-state index contributed by atoms with van der Waals surface area (Å²) >= 11 is 3.28. The normalized spacial score (nSPS) is 10.4. The third kappa shape index (κ3) is 2.37. The highest BCUT2D eigenvalue weighted by Crippen LogP contribution is 2.12. The van der Waals surface area contributed by atoms with Gasteiger partial charge in [0, 0.05) is 17.7 Å². The van der Waals surface area contributed by atoms with Crippen molar-refractivity contribution in [2.75, 3.05) is 0 Å². The molecule has 0 spiro atoms. The molecule has 0 aliphatic carbocycles. The zero-order valence-corrected chi connectivity index (χ0v) is 11.5. The highest BCUT2D eigenvalue weighted by molar-refractivity contribution is 9.10. The van der Waals surface area contributed by atoms with Crippen molar-refractivity contribution in [1.82, 2.24) is 9.13 Å². The Morgan fingerprint density at radius 1 is 1.21 bits per heavy atom. The van der Waals surface area contributed by atoms with Gasteiger partial charge in [-0.25, -0.2) is 4.79 Å². The van der Waals surface area contributed by atoms with Gasteiger partial charge in [0.15, 0.2) is 0 Å². The summed E-state index contributed by atoms with van der Waals surface area (Å²) in [5.74, 6) is -0.869. The van der Waals surface area contributed by atoms with E-state index in [1.165, 1.54) is 11.6 Å². The van der Waals surface area contributed by atoms with E-state index in [1.54, 1.807) is 24.3 Å². The van der Waals surface area contributed by atoms with Gasteiger partial charge in [0.25, 0.3) is 11.5 Å². The molecule has 0 atom stereocenters. The molecule has 1 heterocycles. The number of carbonyl (C=O) groups is 1. The van der Waals surface area contributed by atoms with Gasteiger partial charge in [0.2, 0.25) is 0 Å². The smallest absolute Gasteiger partial charge is 0.335 e. The summed E-state index contributed by atoms with van der Waals surface area (Å²) in [5, 5.41) is 0. The maximum Gasteiger partial charge on any atom is 0.335 e. The quantitative estimate of drug-likeness (QED) is 0.867. The van der Waals surface area contributed by atoms with E-state index in [0.29, 0.717) is 5.69 Å². The second-order valence-electron chi connectivity index (χ2n) is 3.90. The summed E-state index contributed by atoms with van der Waals surface area (Å²) in [6, 6.07) is 6.86. The molecule has 2 aromatic rings. The number of nitrogens with two attached hydrogens (primary N) is 1. The molecule has 1 aromatic heterocycles. The lowest BCUT2D eigenvalue weighted by Crippen LogP contribution is -2.41. The molecule has 1 aromatic carbocycles. The molecule has 7 heteroatoms. The number of rotatable bonds is 2. The van der Waals surface area contributed by atoms with E-state index < -0.39 is 17.2 Å². The Morgan fingerprint density at radius 3 is 2.32 bits per heavy atom. The van der Waals surface area contributed by atoms with Gasteiger partial charge in [0.05, 0.1) is 5.69 Å². The van der Waals surface area contributed by atoms with Crippen LogP contribution in [0.4, 0.5) is 0 Å². The van der Waals surface area contributed by atoms with E-state index >= 15 is 0 Å². The minimum atomic E-state index is -0.869. The minimum Gasteiger partial charge on any atom is -0.365 e. The maximum absolute atomic E-state index is 12.0. The molecule has 98 valence electrons. The van der Waals surface area contributed by atoms with Gasteiger partial charge in [-0.05, 0) is 24.3 Å². The minimum absolute atomic E-state index is 0.231. The number of carbonyl (C=O) groups excluding carboxylic acids is 1. The zero-order valence-electron chi connectivity index (χ0n) is 9.96. The van der Waals surface area contributed by atoms with Gasteiger partial charge >= 0.3 is 5.69 Å². The van der Waals surface area contributed by atoms with Crippen LogP contribution in [0.2, 0.25) is 0 Å². The summed E-state index contributed by atoms with van der Waals surface area (Å²) in [5.41, 5.74) is 4.18. The molecule has 2 rings (SSSR count). The first-order chi connectivity index (χ1) is 8.91. The van der Waals surface area contributed by atoms with Crippen LogP contribution >= 0.6 is 15.9 Å². The molecule has 0 saturated carbocycles. The van der Waals surface area contributed by atoms with Gasteiger partial charge in [-0.15, -0.1) is 0 Å². The largest absolute Gasteiger partial charge is 0.365 e. The molecule has 0 fully saturated rings. The van der Waals surface area contributed by atoms with Crippen molar-refractivity contribution in [3.63, 3.8) is 0 Å². The average Bonchev–Trinajstić information content (AvgIpc) is 2.37. The van der Waals surface area contributed by atoms with E-state index in [4.69, 9.17) is 5.73 Å². The fraction of sp³-hybridized carbons (Fsp3) is 0.0833. The predicted molar refractivity (Wildman–Crippen MR) is 73.5 cm³/mol. The topological polar surface area (TPSA) is 87.1 Å². The lowest BCUT2D eigenvalue weighted by Gasteiger charge is -2.09. The van der Waals surface area contributed by atoms with Gasteiger partial charge < -0.3 is 5.73 Å². The molecule has 1 amide bonds. The predicted octanol–water partition coefficient (Wildman–Crippen LogP) is 0.398. The second-order valence-corrected chi connectivity index (χ2v) is 4.82. The molecule has 19 heavy (non-hydrogen) atoms. The van der Waals surface area contributed by atoms with E-state index in [0.717, 1.165) is 15.2 Å². The molecule has 0 saturated heterocycles. The molecule has 0 bridgehead atoms. The van der Waals surface area contributed by atoms with Crippen molar-refractivity contribution in [3.05, 3.63) is 61.3 Å². The van der Waals surface area contributed by atoms with Crippen LogP contribution in [0.15, 0.2) is 44.5 Å². The van der Waals surface area contributed by atoms with E-state index in [9.17, 15) is 14.4 Å². The Hall–Kier alpha value is -2.15. The van der Waals surface area contributed by atoms with Crippen LogP contribution in [-0.2, 0) is 7.05 Å². The average molecular weight is 324 g/mol. The van der Waals surface area contributed by atoms with Crippen LogP contribution in [-0.4, -0.2) is 15.0 Å².